The van der Waals surface area contributed by atoms with Crippen molar-refractivity contribution in [2.24, 2.45) is 0 Å². The van der Waals surface area contributed by atoms with Gasteiger partial charge in [0, 0.05) is 18.7 Å². The molecule has 0 fully saturated rings. The Hall–Kier alpha value is -3.06. The van der Waals surface area contributed by atoms with Crippen LogP contribution < -0.4 is 10.1 Å². The van der Waals surface area contributed by atoms with Crippen molar-refractivity contribution in [2.75, 3.05) is 18.5 Å². The molecule has 0 spiro atoms. The van der Waals surface area contributed by atoms with Crippen LogP contribution >= 0.6 is 0 Å². The number of aryl methyl sites for hydroxylation is 2. The maximum Gasteiger partial charge on any atom is 0.412 e. The molecule has 3 N–H and O–H groups in total. The number of aliphatic hydroxyl groups is 1. The maximum atomic E-state index is 11.8. The third kappa shape index (κ3) is 12.6. The number of aliphatic hydroxyl groups excluding tert-OH is 1. The Kier molecular flexibility index (Phi) is 11.9. The molecule has 176 valence electrons. The molecule has 0 atom stereocenters. The van der Waals surface area contributed by atoms with Crippen molar-refractivity contribution in [3.8, 4) is 5.75 Å². The second-order valence-corrected chi connectivity index (χ2v) is 8.13. The molecule has 0 aliphatic rings. The number of amides is 1. The number of carbonyl (C=O) groups is 2. The van der Waals surface area contributed by atoms with Crippen molar-refractivity contribution in [1.29, 1.82) is 0 Å². The molecule has 2 aromatic rings. The predicted octanol–water partition coefficient (Wildman–Crippen LogP) is 5.06. The van der Waals surface area contributed by atoms with E-state index in [2.05, 4.69) is 5.32 Å². The van der Waals surface area contributed by atoms with E-state index < -0.39 is 17.7 Å². The molecule has 0 heterocycles. The third-order valence-electron chi connectivity index (χ3n) is 4.03. The van der Waals surface area contributed by atoms with Gasteiger partial charge in [0.2, 0.25) is 0 Å². The van der Waals surface area contributed by atoms with E-state index in [0.717, 1.165) is 29.7 Å². The molecule has 0 saturated carbocycles. The first kappa shape index (κ1) is 27.0. The van der Waals surface area contributed by atoms with E-state index in [1.54, 1.807) is 6.92 Å². The smallest absolute Gasteiger partial charge is 0.412 e. The Balaban J connectivity index is 0.00000161. The fourth-order valence-corrected chi connectivity index (χ4v) is 2.65. The van der Waals surface area contributed by atoms with E-state index in [-0.39, 0.29) is 13.0 Å². The van der Waals surface area contributed by atoms with Crippen LogP contribution in [0.15, 0.2) is 48.5 Å². The van der Waals surface area contributed by atoms with E-state index >= 15 is 0 Å². The van der Waals surface area contributed by atoms with E-state index in [0.29, 0.717) is 18.7 Å². The summed E-state index contributed by atoms with van der Waals surface area (Å²) in [6.45, 7) is 8.00. The van der Waals surface area contributed by atoms with Crippen LogP contribution in [0.2, 0.25) is 0 Å². The Morgan fingerprint density at radius 1 is 0.938 bits per heavy atom. The minimum absolute atomic E-state index is 0.131. The van der Waals surface area contributed by atoms with Gasteiger partial charge in [-0.15, -0.1) is 0 Å². The first-order valence-electron chi connectivity index (χ1n) is 10.8. The standard InChI is InChI=1S/C23H29NO5.C2H6O/c1-23(2,3)29-22(27)24-19-11-6-17(7-12-19)5-4-16-28-20-13-8-18(9-14-20)10-15-21(25)26;1-2-3/h6-9,11-14H,4-5,10,15-16H2,1-3H3,(H,24,27)(H,25,26);3H,2H2,1H3. The molecule has 0 aromatic heterocycles. The van der Waals surface area contributed by atoms with E-state index in [1.807, 2.05) is 69.3 Å². The molecule has 7 heteroatoms. The summed E-state index contributed by atoms with van der Waals surface area (Å²) >= 11 is 0. The number of carboxylic acids is 1. The fraction of sp³-hybridized carbons (Fsp3) is 0.440. The predicted molar refractivity (Wildman–Crippen MR) is 125 cm³/mol. The van der Waals surface area contributed by atoms with Gasteiger partial charge in [-0.25, -0.2) is 4.79 Å². The zero-order valence-corrected chi connectivity index (χ0v) is 19.4. The van der Waals surface area contributed by atoms with Crippen LogP contribution in [-0.4, -0.2) is 41.1 Å². The highest BCUT2D eigenvalue weighted by molar-refractivity contribution is 5.84. The van der Waals surface area contributed by atoms with E-state index in [1.165, 1.54) is 0 Å². The zero-order chi connectivity index (χ0) is 24.0. The maximum absolute atomic E-state index is 11.8. The molecule has 32 heavy (non-hydrogen) atoms. The number of hydrogen-bond donors (Lipinski definition) is 3. The number of benzene rings is 2. The average Bonchev–Trinajstić information content (AvgIpc) is 2.71. The molecule has 2 rings (SSSR count). The molecule has 1 amide bonds. The normalized spacial score (nSPS) is 10.5. The number of hydrogen-bond acceptors (Lipinski definition) is 5. The Bertz CT molecular complexity index is 810. The molecule has 0 bridgehead atoms. The van der Waals surface area contributed by atoms with Crippen LogP contribution in [0.1, 0.15) is 51.7 Å². The Morgan fingerprint density at radius 3 is 2.00 bits per heavy atom. The molecule has 0 unspecified atom stereocenters. The number of nitrogens with one attached hydrogen (secondary N) is 1. The van der Waals surface area contributed by atoms with Crippen LogP contribution in [0.3, 0.4) is 0 Å². The molecule has 0 aliphatic carbocycles. The molecule has 0 aliphatic heterocycles. The summed E-state index contributed by atoms with van der Waals surface area (Å²) in [7, 11) is 0. The van der Waals surface area contributed by atoms with Gasteiger partial charge in [0.15, 0.2) is 0 Å². The second-order valence-electron chi connectivity index (χ2n) is 8.13. The summed E-state index contributed by atoms with van der Waals surface area (Å²) < 4.78 is 11.0. The highest BCUT2D eigenvalue weighted by Crippen LogP contribution is 2.16. The van der Waals surface area contributed by atoms with Crippen LogP contribution in [0.25, 0.3) is 0 Å². The summed E-state index contributed by atoms with van der Waals surface area (Å²) in [5.74, 6) is -0.0139. The van der Waals surface area contributed by atoms with E-state index in [9.17, 15) is 9.59 Å². The number of aliphatic carboxylic acids is 1. The van der Waals surface area contributed by atoms with Crippen molar-refractivity contribution in [1.82, 2.24) is 0 Å². The molecule has 2 aromatic carbocycles. The van der Waals surface area contributed by atoms with Crippen LogP contribution in [0.4, 0.5) is 10.5 Å². The van der Waals surface area contributed by atoms with Crippen molar-refractivity contribution < 1.29 is 29.3 Å². The van der Waals surface area contributed by atoms with Gasteiger partial charge in [-0.05, 0) is 82.3 Å². The van der Waals surface area contributed by atoms with Crippen molar-refractivity contribution in [3.05, 3.63) is 59.7 Å². The van der Waals surface area contributed by atoms with Gasteiger partial charge >= 0.3 is 12.1 Å². The van der Waals surface area contributed by atoms with Gasteiger partial charge in [0.05, 0.1) is 6.61 Å². The molecular formula is C25H35NO6. The largest absolute Gasteiger partial charge is 0.494 e. The van der Waals surface area contributed by atoms with Gasteiger partial charge in [-0.2, -0.15) is 0 Å². The average molecular weight is 446 g/mol. The highest BCUT2D eigenvalue weighted by Gasteiger charge is 2.16. The fourth-order valence-electron chi connectivity index (χ4n) is 2.65. The van der Waals surface area contributed by atoms with E-state index in [4.69, 9.17) is 19.7 Å². The lowest BCUT2D eigenvalue weighted by Crippen LogP contribution is -2.27. The summed E-state index contributed by atoms with van der Waals surface area (Å²) in [6.07, 6.45) is 1.91. The summed E-state index contributed by atoms with van der Waals surface area (Å²) in [5.41, 5.74) is 2.32. The Labute approximate surface area is 190 Å². The van der Waals surface area contributed by atoms with Crippen molar-refractivity contribution in [3.63, 3.8) is 0 Å². The number of rotatable bonds is 9. The van der Waals surface area contributed by atoms with Gasteiger partial charge < -0.3 is 19.7 Å². The van der Waals surface area contributed by atoms with Gasteiger partial charge in [-0.3, -0.25) is 10.1 Å². The summed E-state index contributed by atoms with van der Waals surface area (Å²) in [6, 6.07) is 15.2. The molecule has 0 radical (unpaired) electrons. The molecule has 0 saturated heterocycles. The van der Waals surface area contributed by atoms with Gasteiger partial charge in [0.1, 0.15) is 11.4 Å². The number of carbonyl (C=O) groups excluding carboxylic acids is 1. The first-order valence-corrected chi connectivity index (χ1v) is 10.8. The zero-order valence-electron chi connectivity index (χ0n) is 19.4. The minimum atomic E-state index is -0.793. The van der Waals surface area contributed by atoms with Gasteiger partial charge in [-0.1, -0.05) is 24.3 Å². The van der Waals surface area contributed by atoms with Crippen LogP contribution in [0, 0.1) is 0 Å². The molecule has 7 nitrogen and oxygen atoms in total. The summed E-state index contributed by atoms with van der Waals surface area (Å²) in [4.78, 5) is 22.4. The topological polar surface area (TPSA) is 105 Å². The highest BCUT2D eigenvalue weighted by atomic mass is 16.6. The third-order valence-corrected chi connectivity index (χ3v) is 4.03. The minimum Gasteiger partial charge on any atom is -0.494 e. The van der Waals surface area contributed by atoms with Crippen molar-refractivity contribution >= 4 is 17.7 Å². The van der Waals surface area contributed by atoms with Crippen molar-refractivity contribution in [2.45, 2.75) is 59.0 Å². The molecular weight excluding hydrogens is 410 g/mol. The Morgan fingerprint density at radius 2 is 1.47 bits per heavy atom. The van der Waals surface area contributed by atoms with Crippen LogP contribution in [0.5, 0.6) is 5.75 Å². The SMILES string of the molecule is CC(C)(C)OC(=O)Nc1ccc(CCCOc2ccc(CCC(=O)O)cc2)cc1.CCO. The number of ether oxygens (including phenoxy) is 2. The van der Waals surface area contributed by atoms with Crippen LogP contribution in [-0.2, 0) is 22.4 Å². The lowest BCUT2D eigenvalue weighted by molar-refractivity contribution is -0.136. The van der Waals surface area contributed by atoms with Gasteiger partial charge in [0.25, 0.3) is 0 Å². The lowest BCUT2D eigenvalue weighted by atomic mass is 10.1. The number of anilines is 1. The second kappa shape index (κ2) is 14.1. The summed E-state index contributed by atoms with van der Waals surface area (Å²) in [5, 5.41) is 19.0. The lowest BCUT2D eigenvalue weighted by Gasteiger charge is -2.19. The number of carboxylic acid groups (broad SMARTS) is 1. The first-order chi connectivity index (χ1) is 15.1. The quantitative estimate of drug-likeness (QED) is 0.466. The monoisotopic (exact) mass is 445 g/mol.